The van der Waals surface area contributed by atoms with Crippen LogP contribution in [0.4, 0.5) is 61.5 Å². The van der Waals surface area contributed by atoms with Crippen molar-refractivity contribution < 1.29 is 61.5 Å². The summed E-state index contributed by atoms with van der Waals surface area (Å²) in [4.78, 5) is 7.54. The zero-order valence-corrected chi connectivity index (χ0v) is 17.5. The molecule has 0 aliphatic rings. The number of rotatable bonds is 9. The first-order valence-electron chi connectivity index (χ1n) is 9.67. The fourth-order valence-electron chi connectivity index (χ4n) is 2.87. The van der Waals surface area contributed by atoms with Gasteiger partial charge < -0.3 is 0 Å². The zero-order chi connectivity index (χ0) is 27.8. The van der Waals surface area contributed by atoms with Gasteiger partial charge in [0.2, 0.25) is 0 Å². The maximum absolute atomic E-state index is 13.5. The molecule has 202 valence electrons. The SMILES string of the molecule is FC(F)(F)C(F)(F)C(F)(F)CCc1ccnc(-c2cc(CCC(F)(F)C(F)(F)C(F)(F)F)ccn2)c1. The summed E-state index contributed by atoms with van der Waals surface area (Å²) in [5.41, 5.74) is -0.734. The van der Waals surface area contributed by atoms with Gasteiger partial charge in [-0.3, -0.25) is 9.97 Å². The van der Waals surface area contributed by atoms with E-state index in [2.05, 4.69) is 9.97 Å². The molecule has 2 heterocycles. The van der Waals surface area contributed by atoms with Crippen molar-refractivity contribution in [3.05, 3.63) is 47.8 Å². The number of hydrogen-bond acceptors (Lipinski definition) is 2. The second-order valence-electron chi connectivity index (χ2n) is 7.65. The average Bonchev–Trinajstić information content (AvgIpc) is 2.75. The van der Waals surface area contributed by atoms with Crippen LogP contribution in [0.15, 0.2) is 36.7 Å². The van der Waals surface area contributed by atoms with E-state index >= 15 is 0 Å². The summed E-state index contributed by atoms with van der Waals surface area (Å²) in [6, 6.07) is 3.99. The first-order chi connectivity index (χ1) is 16.1. The number of nitrogens with zero attached hydrogens (tertiary/aromatic N) is 2. The number of aryl methyl sites for hydroxylation is 2. The normalized spacial score (nSPS) is 14.3. The highest BCUT2D eigenvalue weighted by Gasteiger charge is 2.73. The molecule has 0 aromatic carbocycles. The van der Waals surface area contributed by atoms with Gasteiger partial charge in [0.25, 0.3) is 0 Å². The third kappa shape index (κ3) is 5.99. The molecule has 0 spiro atoms. The Labute approximate surface area is 193 Å². The summed E-state index contributed by atoms with van der Waals surface area (Å²) < 4.78 is 180. The molecule has 0 radical (unpaired) electrons. The molecule has 0 N–H and O–H groups in total. The van der Waals surface area contributed by atoms with E-state index in [1.165, 1.54) is 0 Å². The van der Waals surface area contributed by atoms with Gasteiger partial charge in [-0.2, -0.15) is 61.5 Å². The van der Waals surface area contributed by atoms with Crippen LogP contribution in [0, 0.1) is 0 Å². The molecule has 0 amide bonds. The minimum atomic E-state index is -6.49. The Morgan fingerprint density at radius 2 is 0.806 bits per heavy atom. The zero-order valence-electron chi connectivity index (χ0n) is 17.5. The highest BCUT2D eigenvalue weighted by atomic mass is 19.4. The van der Waals surface area contributed by atoms with Crippen LogP contribution >= 0.6 is 0 Å². The summed E-state index contributed by atoms with van der Waals surface area (Å²) in [7, 11) is 0. The van der Waals surface area contributed by atoms with Crippen molar-refractivity contribution in [2.45, 2.75) is 61.7 Å². The van der Waals surface area contributed by atoms with Gasteiger partial charge in [0.1, 0.15) is 0 Å². The molecule has 2 aromatic rings. The smallest absolute Gasteiger partial charge is 0.255 e. The minimum absolute atomic E-state index is 0.179. The monoisotopic (exact) mass is 548 g/mol. The number of halogens is 14. The lowest BCUT2D eigenvalue weighted by molar-refractivity contribution is -0.355. The van der Waals surface area contributed by atoms with Gasteiger partial charge in [-0.05, 0) is 48.2 Å². The van der Waals surface area contributed by atoms with Gasteiger partial charge in [0.05, 0.1) is 11.4 Å². The lowest BCUT2D eigenvalue weighted by Gasteiger charge is -2.28. The maximum atomic E-state index is 13.5. The molecule has 36 heavy (non-hydrogen) atoms. The van der Waals surface area contributed by atoms with E-state index in [9.17, 15) is 61.5 Å². The molecule has 0 atom stereocenters. The second-order valence-corrected chi connectivity index (χ2v) is 7.65. The average molecular weight is 548 g/mol. The van der Waals surface area contributed by atoms with Crippen molar-refractivity contribution in [3.63, 3.8) is 0 Å². The van der Waals surface area contributed by atoms with Crippen LogP contribution < -0.4 is 0 Å². The molecule has 0 aliphatic heterocycles. The van der Waals surface area contributed by atoms with Crippen LogP contribution in [0.25, 0.3) is 11.4 Å². The fourth-order valence-corrected chi connectivity index (χ4v) is 2.87. The van der Waals surface area contributed by atoms with E-state index in [0.717, 1.165) is 36.7 Å². The van der Waals surface area contributed by atoms with Crippen LogP contribution in [0.3, 0.4) is 0 Å². The van der Waals surface area contributed by atoms with E-state index in [1.807, 2.05) is 0 Å². The first kappa shape index (κ1) is 29.5. The Kier molecular flexibility index (Phi) is 7.92. The highest BCUT2D eigenvalue weighted by molar-refractivity contribution is 5.55. The topological polar surface area (TPSA) is 25.8 Å². The third-order valence-corrected chi connectivity index (χ3v) is 5.00. The molecule has 0 unspecified atom stereocenters. The molecule has 0 fully saturated rings. The van der Waals surface area contributed by atoms with E-state index in [4.69, 9.17) is 0 Å². The molecular weight excluding hydrogens is 534 g/mol. The molecule has 0 bridgehead atoms. The van der Waals surface area contributed by atoms with Crippen molar-refractivity contribution >= 4 is 0 Å². The van der Waals surface area contributed by atoms with Gasteiger partial charge in [0.15, 0.2) is 0 Å². The molecule has 2 rings (SSSR count). The summed E-state index contributed by atoms with van der Waals surface area (Å²) in [6.45, 7) is 0. The van der Waals surface area contributed by atoms with Crippen molar-refractivity contribution in [1.82, 2.24) is 9.97 Å². The second kappa shape index (κ2) is 9.65. The lowest BCUT2D eigenvalue weighted by atomic mass is 10.00. The van der Waals surface area contributed by atoms with Gasteiger partial charge in [0, 0.05) is 25.2 Å². The van der Waals surface area contributed by atoms with Crippen molar-refractivity contribution in [3.8, 4) is 11.4 Å². The Balaban J connectivity index is 2.18. The molecule has 2 nitrogen and oxygen atoms in total. The van der Waals surface area contributed by atoms with Gasteiger partial charge >= 0.3 is 36.0 Å². The van der Waals surface area contributed by atoms with E-state index in [1.54, 1.807) is 0 Å². The Morgan fingerprint density at radius 1 is 0.500 bits per heavy atom. The fraction of sp³-hybridized carbons (Fsp3) is 0.500. The number of aromatic nitrogens is 2. The van der Waals surface area contributed by atoms with E-state index in [-0.39, 0.29) is 22.5 Å². The molecule has 0 aliphatic carbocycles. The number of pyridine rings is 2. The summed E-state index contributed by atoms with van der Waals surface area (Å²) in [6.07, 6.45) is -16.8. The summed E-state index contributed by atoms with van der Waals surface area (Å²) >= 11 is 0. The maximum Gasteiger partial charge on any atom is 0.459 e. The molecule has 0 saturated heterocycles. The van der Waals surface area contributed by atoms with Crippen LogP contribution in [0.1, 0.15) is 24.0 Å². The van der Waals surface area contributed by atoms with Crippen LogP contribution in [-0.2, 0) is 12.8 Å². The molecule has 16 heteroatoms. The van der Waals surface area contributed by atoms with Crippen LogP contribution in [0.2, 0.25) is 0 Å². The van der Waals surface area contributed by atoms with E-state index in [0.29, 0.717) is 0 Å². The van der Waals surface area contributed by atoms with Gasteiger partial charge in [-0.25, -0.2) is 0 Å². The molecular formula is C20H14F14N2. The predicted molar refractivity (Wildman–Crippen MR) is 96.0 cm³/mol. The highest BCUT2D eigenvalue weighted by Crippen LogP contribution is 2.49. The van der Waals surface area contributed by atoms with Crippen molar-refractivity contribution in [2.75, 3.05) is 0 Å². The summed E-state index contributed by atoms with van der Waals surface area (Å²) in [5, 5.41) is 0. The van der Waals surface area contributed by atoms with Gasteiger partial charge in [-0.1, -0.05) is 0 Å². The standard InChI is InChI=1S/C20H14F14N2/c21-15(22,17(25,26)19(29,30)31)5-1-11-3-7-35-13(9-11)14-10-12(4-8-36-14)2-6-16(23,24)18(27,28)20(32,33)34/h3-4,7-10H,1-2,5-6H2. The molecule has 0 saturated carbocycles. The largest absolute Gasteiger partial charge is 0.459 e. The van der Waals surface area contributed by atoms with E-state index < -0.39 is 61.7 Å². The third-order valence-electron chi connectivity index (χ3n) is 5.00. The summed E-state index contributed by atoms with van der Waals surface area (Å²) in [5.74, 6) is -23.5. The van der Waals surface area contributed by atoms with Crippen molar-refractivity contribution in [2.24, 2.45) is 0 Å². The Hall–Kier alpha value is -2.68. The number of alkyl halides is 14. The lowest BCUT2D eigenvalue weighted by Crippen LogP contribution is -2.52. The van der Waals surface area contributed by atoms with Gasteiger partial charge in [-0.15, -0.1) is 0 Å². The minimum Gasteiger partial charge on any atom is -0.255 e. The van der Waals surface area contributed by atoms with Crippen LogP contribution in [-0.4, -0.2) is 46.0 Å². The quantitative estimate of drug-likeness (QED) is 0.301. The van der Waals surface area contributed by atoms with Crippen molar-refractivity contribution in [1.29, 1.82) is 0 Å². The Morgan fingerprint density at radius 3 is 1.08 bits per heavy atom. The Bertz CT molecular complexity index is 960. The molecule has 2 aromatic heterocycles. The number of hydrogen-bond donors (Lipinski definition) is 0. The first-order valence-corrected chi connectivity index (χ1v) is 9.67. The van der Waals surface area contributed by atoms with Crippen LogP contribution in [0.5, 0.6) is 0 Å². The predicted octanol–water partition coefficient (Wildman–Crippen LogP) is 7.67.